The second-order valence-corrected chi connectivity index (χ2v) is 5.94. The molecule has 0 aliphatic carbocycles. The molecule has 21 heavy (non-hydrogen) atoms. The average molecular weight is 280 g/mol. The van der Waals surface area contributed by atoms with Gasteiger partial charge in [-0.3, -0.25) is 4.90 Å². The highest BCUT2D eigenvalue weighted by Crippen LogP contribution is 2.35. The molecule has 0 radical (unpaired) electrons. The van der Waals surface area contributed by atoms with E-state index in [-0.39, 0.29) is 0 Å². The Morgan fingerprint density at radius 1 is 1.10 bits per heavy atom. The molecule has 1 aliphatic heterocycles. The smallest absolute Gasteiger partial charge is 0.0607 e. The van der Waals surface area contributed by atoms with Gasteiger partial charge in [-0.05, 0) is 43.0 Å². The monoisotopic (exact) mass is 280 g/mol. The minimum Gasteiger partial charge on any atom is -0.329 e. The zero-order valence-corrected chi connectivity index (χ0v) is 12.7. The molecule has 0 aromatic heterocycles. The molecule has 2 aromatic carbocycles. The van der Waals surface area contributed by atoms with E-state index in [0.29, 0.717) is 12.1 Å². The maximum Gasteiger partial charge on any atom is 0.0607 e. The minimum absolute atomic E-state index is 0.323. The molecule has 1 aliphatic rings. The van der Waals surface area contributed by atoms with Crippen LogP contribution in [-0.4, -0.2) is 24.0 Å². The topological polar surface area (TPSA) is 29.3 Å². The summed E-state index contributed by atoms with van der Waals surface area (Å²) in [6.07, 6.45) is 2.46. The quantitative estimate of drug-likeness (QED) is 0.928. The van der Waals surface area contributed by atoms with Gasteiger partial charge in [0.2, 0.25) is 0 Å². The van der Waals surface area contributed by atoms with Crippen molar-refractivity contribution in [3.8, 4) is 0 Å². The van der Waals surface area contributed by atoms with Crippen molar-refractivity contribution >= 4 is 0 Å². The van der Waals surface area contributed by atoms with E-state index in [1.807, 2.05) is 0 Å². The molecule has 110 valence electrons. The Morgan fingerprint density at radius 2 is 1.81 bits per heavy atom. The molecule has 2 heteroatoms. The number of aryl methyl sites for hydroxylation is 1. The van der Waals surface area contributed by atoms with Crippen LogP contribution < -0.4 is 5.73 Å². The highest BCUT2D eigenvalue weighted by Gasteiger charge is 2.32. The van der Waals surface area contributed by atoms with Crippen molar-refractivity contribution in [2.45, 2.75) is 31.8 Å². The number of hydrogen-bond donors (Lipinski definition) is 1. The Bertz CT molecular complexity index is 579. The van der Waals surface area contributed by atoms with E-state index in [0.717, 1.165) is 13.1 Å². The van der Waals surface area contributed by atoms with Gasteiger partial charge in [0.1, 0.15) is 0 Å². The highest BCUT2D eigenvalue weighted by atomic mass is 15.2. The number of nitrogens with zero attached hydrogens (tertiary/aromatic N) is 1. The Hall–Kier alpha value is -1.64. The third kappa shape index (κ3) is 2.87. The number of likely N-dealkylation sites (tertiary alicyclic amines) is 1. The average Bonchev–Trinajstić information content (AvgIpc) is 2.99. The van der Waals surface area contributed by atoms with Crippen LogP contribution in [-0.2, 0) is 0 Å². The molecule has 2 unspecified atom stereocenters. The molecule has 1 heterocycles. The summed E-state index contributed by atoms with van der Waals surface area (Å²) in [6, 6.07) is 20.4. The fourth-order valence-electron chi connectivity index (χ4n) is 3.53. The van der Waals surface area contributed by atoms with Crippen LogP contribution in [0.5, 0.6) is 0 Å². The number of rotatable bonds is 4. The summed E-state index contributed by atoms with van der Waals surface area (Å²) in [4.78, 5) is 2.59. The Labute approximate surface area is 127 Å². The van der Waals surface area contributed by atoms with Crippen LogP contribution in [0.25, 0.3) is 0 Å². The Morgan fingerprint density at radius 3 is 2.52 bits per heavy atom. The molecule has 2 atom stereocenters. The lowest BCUT2D eigenvalue weighted by molar-refractivity contribution is 0.210. The molecule has 1 saturated heterocycles. The number of nitrogens with two attached hydrogens (primary N) is 1. The zero-order valence-electron chi connectivity index (χ0n) is 12.7. The van der Waals surface area contributed by atoms with Crippen LogP contribution in [0.3, 0.4) is 0 Å². The highest BCUT2D eigenvalue weighted by molar-refractivity contribution is 5.37. The summed E-state index contributed by atoms with van der Waals surface area (Å²) in [5.41, 5.74) is 10.1. The van der Waals surface area contributed by atoms with Gasteiger partial charge in [-0.1, -0.05) is 54.6 Å². The second-order valence-electron chi connectivity index (χ2n) is 5.94. The number of benzene rings is 2. The van der Waals surface area contributed by atoms with Crippen LogP contribution in [0, 0.1) is 6.92 Å². The molecule has 0 spiro atoms. The van der Waals surface area contributed by atoms with Crippen molar-refractivity contribution in [3.05, 3.63) is 71.3 Å². The standard InChI is InChI=1S/C19H24N2/c1-15-8-5-6-12-18(15)19(16-9-3-2-4-10-16)21-13-7-11-17(21)14-20/h2-6,8-10,12,17,19H,7,11,13-14,20H2,1H3. The first kappa shape index (κ1) is 14.3. The third-order valence-electron chi connectivity index (χ3n) is 4.62. The molecule has 1 fully saturated rings. The lowest BCUT2D eigenvalue weighted by Crippen LogP contribution is -2.39. The van der Waals surface area contributed by atoms with E-state index < -0.39 is 0 Å². The lowest BCUT2D eigenvalue weighted by atomic mass is 9.93. The fourth-order valence-corrected chi connectivity index (χ4v) is 3.53. The van der Waals surface area contributed by atoms with Crippen molar-refractivity contribution in [3.63, 3.8) is 0 Å². The van der Waals surface area contributed by atoms with E-state index in [2.05, 4.69) is 66.4 Å². The van der Waals surface area contributed by atoms with E-state index in [4.69, 9.17) is 5.73 Å². The Kier molecular flexibility index (Phi) is 4.37. The van der Waals surface area contributed by atoms with Crippen LogP contribution in [0.4, 0.5) is 0 Å². The van der Waals surface area contributed by atoms with Crippen molar-refractivity contribution in [2.75, 3.05) is 13.1 Å². The van der Waals surface area contributed by atoms with Crippen LogP contribution in [0.15, 0.2) is 54.6 Å². The minimum atomic E-state index is 0.323. The normalized spacial score (nSPS) is 20.6. The second kappa shape index (κ2) is 6.42. The maximum absolute atomic E-state index is 6.01. The molecular weight excluding hydrogens is 256 g/mol. The fraction of sp³-hybridized carbons (Fsp3) is 0.368. The molecule has 0 saturated carbocycles. The first-order valence-electron chi connectivity index (χ1n) is 7.87. The van der Waals surface area contributed by atoms with Gasteiger partial charge in [-0.2, -0.15) is 0 Å². The zero-order chi connectivity index (χ0) is 14.7. The molecule has 3 rings (SSSR count). The van der Waals surface area contributed by atoms with Crippen LogP contribution in [0.1, 0.15) is 35.6 Å². The van der Waals surface area contributed by atoms with Crippen molar-refractivity contribution in [1.29, 1.82) is 0 Å². The van der Waals surface area contributed by atoms with Crippen LogP contribution in [0.2, 0.25) is 0 Å². The summed E-state index contributed by atoms with van der Waals surface area (Å²) < 4.78 is 0. The van der Waals surface area contributed by atoms with Gasteiger partial charge in [-0.25, -0.2) is 0 Å². The van der Waals surface area contributed by atoms with Gasteiger partial charge in [0.15, 0.2) is 0 Å². The Balaban J connectivity index is 2.05. The number of hydrogen-bond acceptors (Lipinski definition) is 2. The van der Waals surface area contributed by atoms with Crippen molar-refractivity contribution in [1.82, 2.24) is 4.90 Å². The largest absolute Gasteiger partial charge is 0.329 e. The van der Waals surface area contributed by atoms with Gasteiger partial charge in [0.05, 0.1) is 6.04 Å². The molecule has 0 amide bonds. The van der Waals surface area contributed by atoms with Crippen molar-refractivity contribution < 1.29 is 0 Å². The molecule has 2 N–H and O–H groups in total. The van der Waals surface area contributed by atoms with E-state index in [1.165, 1.54) is 29.5 Å². The molecule has 0 bridgehead atoms. The SMILES string of the molecule is Cc1ccccc1C(c1ccccc1)N1CCCC1CN. The first-order chi connectivity index (χ1) is 10.3. The van der Waals surface area contributed by atoms with E-state index in [9.17, 15) is 0 Å². The summed E-state index contributed by atoms with van der Waals surface area (Å²) in [7, 11) is 0. The summed E-state index contributed by atoms with van der Waals surface area (Å²) in [5, 5.41) is 0. The molecule has 2 nitrogen and oxygen atoms in total. The van der Waals surface area contributed by atoms with Gasteiger partial charge in [0.25, 0.3) is 0 Å². The summed E-state index contributed by atoms with van der Waals surface area (Å²) >= 11 is 0. The predicted octanol–water partition coefficient (Wildman–Crippen LogP) is 3.51. The van der Waals surface area contributed by atoms with Gasteiger partial charge >= 0.3 is 0 Å². The molecule has 2 aromatic rings. The van der Waals surface area contributed by atoms with Gasteiger partial charge < -0.3 is 5.73 Å². The van der Waals surface area contributed by atoms with Gasteiger partial charge in [-0.15, -0.1) is 0 Å². The van der Waals surface area contributed by atoms with E-state index in [1.54, 1.807) is 0 Å². The predicted molar refractivity (Wildman–Crippen MR) is 88.2 cm³/mol. The van der Waals surface area contributed by atoms with Crippen molar-refractivity contribution in [2.24, 2.45) is 5.73 Å². The third-order valence-corrected chi connectivity index (χ3v) is 4.62. The van der Waals surface area contributed by atoms with Crippen LogP contribution >= 0.6 is 0 Å². The van der Waals surface area contributed by atoms with Gasteiger partial charge in [0, 0.05) is 12.6 Å². The summed E-state index contributed by atoms with van der Waals surface area (Å²) in [6.45, 7) is 4.09. The lowest BCUT2D eigenvalue weighted by Gasteiger charge is -2.34. The van der Waals surface area contributed by atoms with E-state index >= 15 is 0 Å². The summed E-state index contributed by atoms with van der Waals surface area (Å²) in [5.74, 6) is 0. The maximum atomic E-state index is 6.01. The first-order valence-corrected chi connectivity index (χ1v) is 7.87. The molecular formula is C19H24N2.